The molecule has 94 valence electrons. The molecule has 0 unspecified atom stereocenters. The summed E-state index contributed by atoms with van der Waals surface area (Å²) in [6, 6.07) is 0. The molecule has 2 aromatic heterocycles. The third kappa shape index (κ3) is 1.76. The van der Waals surface area contributed by atoms with Crippen LogP contribution < -0.4 is 11.1 Å². The number of anilines is 2. The molecular weight excluding hydrogens is 250 g/mol. The first-order valence-electron chi connectivity index (χ1n) is 5.72. The molecule has 1 aliphatic rings. The number of amides is 1. The van der Waals surface area contributed by atoms with Crippen molar-refractivity contribution in [3.63, 3.8) is 0 Å². The number of aromatic nitrogens is 3. The summed E-state index contributed by atoms with van der Waals surface area (Å²) in [7, 11) is 1.69. The lowest BCUT2D eigenvalue weighted by Crippen LogP contribution is -2.17. The molecule has 2 heterocycles. The molecule has 0 saturated carbocycles. The molecule has 3 rings (SSSR count). The van der Waals surface area contributed by atoms with Crippen molar-refractivity contribution < 1.29 is 4.79 Å². The lowest BCUT2D eigenvalue weighted by atomic mass is 10.3. The zero-order valence-electron chi connectivity index (χ0n) is 9.93. The largest absolute Gasteiger partial charge is 0.396 e. The molecule has 0 atom stereocenters. The van der Waals surface area contributed by atoms with Crippen LogP contribution in [-0.2, 0) is 19.9 Å². The fourth-order valence-electron chi connectivity index (χ4n) is 2.13. The van der Waals surface area contributed by atoms with Gasteiger partial charge in [0.1, 0.15) is 5.69 Å². The maximum atomic E-state index is 12.1. The van der Waals surface area contributed by atoms with Crippen molar-refractivity contribution in [3.8, 4) is 0 Å². The molecule has 0 aliphatic heterocycles. The highest BCUT2D eigenvalue weighted by molar-refractivity contribution is 7.16. The Balaban J connectivity index is 1.82. The number of carbonyl (C=O) groups is 1. The molecule has 3 N–H and O–H groups in total. The zero-order chi connectivity index (χ0) is 12.7. The average molecular weight is 263 g/mol. The number of hydrogen-bond acceptors (Lipinski definition) is 5. The van der Waals surface area contributed by atoms with E-state index in [1.54, 1.807) is 18.4 Å². The third-order valence-electron chi connectivity index (χ3n) is 3.00. The van der Waals surface area contributed by atoms with Gasteiger partial charge < -0.3 is 5.73 Å². The van der Waals surface area contributed by atoms with Gasteiger partial charge in [-0.05, 0) is 19.3 Å². The van der Waals surface area contributed by atoms with E-state index in [4.69, 9.17) is 5.73 Å². The third-order valence-corrected chi connectivity index (χ3v) is 4.07. The topological polar surface area (TPSA) is 85.8 Å². The van der Waals surface area contributed by atoms with Gasteiger partial charge in [-0.15, -0.1) is 11.3 Å². The highest BCUT2D eigenvalue weighted by atomic mass is 32.1. The minimum absolute atomic E-state index is 0.264. The van der Waals surface area contributed by atoms with Crippen LogP contribution in [0.1, 0.15) is 27.5 Å². The molecule has 0 saturated heterocycles. The number of nitrogens with zero attached hydrogens (tertiary/aromatic N) is 3. The van der Waals surface area contributed by atoms with E-state index in [1.165, 1.54) is 15.8 Å². The van der Waals surface area contributed by atoms with Crippen molar-refractivity contribution in [1.29, 1.82) is 0 Å². The Labute approximate surface area is 108 Å². The van der Waals surface area contributed by atoms with Crippen molar-refractivity contribution >= 4 is 28.1 Å². The molecule has 0 aromatic carbocycles. The summed E-state index contributed by atoms with van der Waals surface area (Å²) in [6.07, 6.45) is 4.71. The number of aryl methyl sites for hydroxylation is 3. The van der Waals surface area contributed by atoms with Crippen molar-refractivity contribution in [2.24, 2.45) is 7.05 Å². The summed E-state index contributed by atoms with van der Waals surface area (Å²) in [4.78, 5) is 17.8. The van der Waals surface area contributed by atoms with Gasteiger partial charge in [-0.3, -0.25) is 14.8 Å². The van der Waals surface area contributed by atoms with Gasteiger partial charge >= 0.3 is 0 Å². The van der Waals surface area contributed by atoms with Crippen LogP contribution >= 0.6 is 11.3 Å². The zero-order valence-corrected chi connectivity index (χ0v) is 10.8. The van der Waals surface area contributed by atoms with Gasteiger partial charge in [0.2, 0.25) is 0 Å². The molecule has 1 aliphatic carbocycles. The minimum atomic E-state index is -0.264. The maximum Gasteiger partial charge on any atom is 0.277 e. The second-order valence-corrected chi connectivity index (χ2v) is 5.35. The predicted octanol–water partition coefficient (Wildman–Crippen LogP) is 1.20. The number of hydrogen-bond donors (Lipinski definition) is 2. The summed E-state index contributed by atoms with van der Waals surface area (Å²) in [5, 5.41) is 7.37. The first-order valence-corrected chi connectivity index (χ1v) is 6.54. The van der Waals surface area contributed by atoms with E-state index in [1.807, 2.05) is 0 Å². The first kappa shape index (κ1) is 11.2. The van der Waals surface area contributed by atoms with Crippen molar-refractivity contribution in [2.45, 2.75) is 19.3 Å². The van der Waals surface area contributed by atoms with E-state index in [9.17, 15) is 4.79 Å². The van der Waals surface area contributed by atoms with Gasteiger partial charge in [0.25, 0.3) is 5.91 Å². The van der Waals surface area contributed by atoms with Gasteiger partial charge in [0, 0.05) is 11.9 Å². The monoisotopic (exact) mass is 263 g/mol. The number of thiazole rings is 1. The van der Waals surface area contributed by atoms with Gasteiger partial charge in [0.05, 0.1) is 17.6 Å². The van der Waals surface area contributed by atoms with E-state index < -0.39 is 0 Å². The Bertz CT molecular complexity index is 574. The molecule has 0 fully saturated rings. The lowest BCUT2D eigenvalue weighted by Gasteiger charge is -2.03. The fourth-order valence-corrected chi connectivity index (χ4v) is 3.18. The van der Waals surface area contributed by atoms with Crippen LogP contribution in [0.5, 0.6) is 0 Å². The second-order valence-electron chi connectivity index (χ2n) is 4.27. The summed E-state index contributed by atoms with van der Waals surface area (Å²) >= 11 is 1.55. The van der Waals surface area contributed by atoms with Crippen molar-refractivity contribution in [1.82, 2.24) is 14.8 Å². The number of rotatable bonds is 2. The summed E-state index contributed by atoms with van der Waals surface area (Å²) in [5.41, 5.74) is 7.57. The molecule has 2 aromatic rings. The van der Waals surface area contributed by atoms with Crippen LogP contribution in [0.2, 0.25) is 0 Å². The van der Waals surface area contributed by atoms with Gasteiger partial charge in [0.15, 0.2) is 5.13 Å². The summed E-state index contributed by atoms with van der Waals surface area (Å²) in [6.45, 7) is 0. The van der Waals surface area contributed by atoms with Crippen LogP contribution in [0.25, 0.3) is 0 Å². The lowest BCUT2D eigenvalue weighted by molar-refractivity contribution is 0.101. The quantitative estimate of drug-likeness (QED) is 0.852. The molecule has 7 heteroatoms. The smallest absolute Gasteiger partial charge is 0.277 e. The van der Waals surface area contributed by atoms with E-state index in [2.05, 4.69) is 15.4 Å². The number of fused-ring (bicyclic) bond motifs is 1. The summed E-state index contributed by atoms with van der Waals surface area (Å²) < 4.78 is 1.46. The normalized spacial score (nSPS) is 13.6. The van der Waals surface area contributed by atoms with Gasteiger partial charge in [-0.25, -0.2) is 4.98 Å². The van der Waals surface area contributed by atoms with E-state index in [0.29, 0.717) is 16.5 Å². The Morgan fingerprint density at radius 1 is 1.56 bits per heavy atom. The number of nitrogens with one attached hydrogen (secondary N) is 1. The number of carbonyl (C=O) groups excluding carboxylic acids is 1. The Hall–Kier alpha value is -1.89. The van der Waals surface area contributed by atoms with Gasteiger partial charge in [-0.1, -0.05) is 0 Å². The molecular formula is C11H13N5OS. The van der Waals surface area contributed by atoms with Crippen LogP contribution in [0.3, 0.4) is 0 Å². The van der Waals surface area contributed by atoms with Crippen LogP contribution in [-0.4, -0.2) is 20.7 Å². The van der Waals surface area contributed by atoms with E-state index in [-0.39, 0.29) is 5.91 Å². The highest BCUT2D eigenvalue weighted by Gasteiger charge is 2.20. The Morgan fingerprint density at radius 2 is 2.39 bits per heavy atom. The number of nitrogens with two attached hydrogens (primary N) is 1. The standard InChI is InChI=1S/C11H13N5OS/c1-16-9(6(12)5-13-16)10(17)15-11-14-7-3-2-4-8(7)18-11/h5H,2-4,12H2,1H3,(H,14,15,17). The molecule has 6 nitrogen and oxygen atoms in total. The average Bonchev–Trinajstić information content (AvgIpc) is 2.93. The Morgan fingerprint density at radius 3 is 3.06 bits per heavy atom. The van der Waals surface area contributed by atoms with Crippen LogP contribution in [0, 0.1) is 0 Å². The van der Waals surface area contributed by atoms with Crippen molar-refractivity contribution in [2.75, 3.05) is 11.1 Å². The molecule has 18 heavy (non-hydrogen) atoms. The molecule has 0 bridgehead atoms. The Kier molecular flexibility index (Phi) is 2.55. The van der Waals surface area contributed by atoms with Crippen LogP contribution in [0.15, 0.2) is 6.20 Å². The highest BCUT2D eigenvalue weighted by Crippen LogP contribution is 2.30. The van der Waals surface area contributed by atoms with Crippen LogP contribution in [0.4, 0.5) is 10.8 Å². The molecule has 0 spiro atoms. The molecule has 1 amide bonds. The van der Waals surface area contributed by atoms with E-state index >= 15 is 0 Å². The number of nitrogen functional groups attached to an aromatic ring is 1. The van der Waals surface area contributed by atoms with E-state index in [0.717, 1.165) is 25.0 Å². The maximum absolute atomic E-state index is 12.1. The van der Waals surface area contributed by atoms with Gasteiger partial charge in [-0.2, -0.15) is 5.10 Å². The first-order chi connectivity index (χ1) is 8.65. The molecule has 0 radical (unpaired) electrons. The minimum Gasteiger partial charge on any atom is -0.396 e. The summed E-state index contributed by atoms with van der Waals surface area (Å²) in [5.74, 6) is -0.264. The predicted molar refractivity (Wildman–Crippen MR) is 69.7 cm³/mol. The van der Waals surface area contributed by atoms with Crippen molar-refractivity contribution in [3.05, 3.63) is 22.5 Å². The second kappa shape index (κ2) is 4.09. The fraction of sp³-hybridized carbons (Fsp3) is 0.364. The SMILES string of the molecule is Cn1ncc(N)c1C(=O)Nc1nc2c(s1)CCC2.